The van der Waals surface area contributed by atoms with Crippen LogP contribution in [-0.4, -0.2) is 31.2 Å². The lowest BCUT2D eigenvalue weighted by molar-refractivity contribution is -0.242. The Bertz CT molecular complexity index is 1040. The minimum Gasteiger partial charge on any atom is -0.373 e. The summed E-state index contributed by atoms with van der Waals surface area (Å²) in [7, 11) is -4.18. The fourth-order valence-corrected chi connectivity index (χ4v) is 3.92. The smallest absolute Gasteiger partial charge is 0.373 e. The number of benzene rings is 2. The largest absolute Gasteiger partial charge is 0.426 e. The average molecular weight is 471 g/mol. The average Bonchev–Trinajstić information content (AvgIpc) is 2.59. The van der Waals surface area contributed by atoms with Gasteiger partial charge in [0.25, 0.3) is 15.9 Å². The van der Waals surface area contributed by atoms with Crippen molar-refractivity contribution in [2.45, 2.75) is 30.5 Å². The third kappa shape index (κ3) is 4.95. The van der Waals surface area contributed by atoms with Crippen molar-refractivity contribution < 1.29 is 31.5 Å². The zero-order chi connectivity index (χ0) is 22.2. The van der Waals surface area contributed by atoms with Gasteiger partial charge >= 0.3 is 6.18 Å². The van der Waals surface area contributed by atoms with E-state index >= 15 is 0 Å². The molecule has 1 atom stereocenters. The molecule has 6 nitrogen and oxygen atoms in total. The fourth-order valence-electron chi connectivity index (χ4n) is 2.04. The van der Waals surface area contributed by atoms with Crippen LogP contribution in [0.4, 0.5) is 24.5 Å². The normalized spacial score (nSPS) is 14.2. The van der Waals surface area contributed by atoms with Crippen LogP contribution in [0.5, 0.6) is 0 Å². The predicted molar refractivity (Wildman–Crippen MR) is 104 cm³/mol. The van der Waals surface area contributed by atoms with Gasteiger partial charge in [0.1, 0.15) is 4.90 Å². The van der Waals surface area contributed by atoms with Crippen LogP contribution in [0.1, 0.15) is 12.5 Å². The molecule has 0 spiro atoms. The molecular weight excluding hydrogens is 456 g/mol. The molecule has 0 fully saturated rings. The molecule has 1 amide bonds. The molecule has 0 saturated heterocycles. The number of carbonyl (C=O) groups excluding carboxylic acids is 1. The van der Waals surface area contributed by atoms with Crippen LogP contribution >= 0.6 is 23.2 Å². The van der Waals surface area contributed by atoms with Gasteiger partial charge in [0.05, 0.1) is 15.7 Å². The molecule has 3 N–H and O–H groups in total. The number of aryl methyl sites for hydroxylation is 1. The molecule has 0 unspecified atom stereocenters. The maximum absolute atomic E-state index is 12.8. The number of rotatable bonds is 5. The molecule has 12 heteroatoms. The molecule has 29 heavy (non-hydrogen) atoms. The lowest BCUT2D eigenvalue weighted by atomic mass is 10.1. The van der Waals surface area contributed by atoms with E-state index in [0.29, 0.717) is 0 Å². The summed E-state index contributed by atoms with van der Waals surface area (Å²) < 4.78 is 65.7. The van der Waals surface area contributed by atoms with E-state index < -0.39 is 48.3 Å². The van der Waals surface area contributed by atoms with E-state index in [9.17, 15) is 31.5 Å². The predicted octanol–water partition coefficient (Wildman–Crippen LogP) is 4.35. The first-order valence-electron chi connectivity index (χ1n) is 7.85. The van der Waals surface area contributed by atoms with Crippen molar-refractivity contribution in [3.05, 3.63) is 52.0 Å². The summed E-state index contributed by atoms with van der Waals surface area (Å²) in [6.07, 6.45) is -5.24. The summed E-state index contributed by atoms with van der Waals surface area (Å²) >= 11 is 11.9. The monoisotopic (exact) mass is 470 g/mol. The van der Waals surface area contributed by atoms with Gasteiger partial charge in [-0.1, -0.05) is 40.9 Å². The van der Waals surface area contributed by atoms with Crippen LogP contribution in [-0.2, 0) is 14.8 Å². The SMILES string of the molecule is Cc1ccc(NS(=O)(=O)c2ccc(NC(=O)[C@@](C)(O)C(F)(F)F)c(Cl)c2Cl)cc1. The van der Waals surface area contributed by atoms with Crippen molar-refractivity contribution in [3.8, 4) is 0 Å². The van der Waals surface area contributed by atoms with Crippen molar-refractivity contribution in [1.29, 1.82) is 0 Å². The van der Waals surface area contributed by atoms with Crippen molar-refractivity contribution in [1.82, 2.24) is 0 Å². The number of anilines is 2. The molecule has 0 aromatic heterocycles. The van der Waals surface area contributed by atoms with Crippen molar-refractivity contribution >= 4 is 50.5 Å². The van der Waals surface area contributed by atoms with E-state index in [0.717, 1.165) is 17.7 Å². The Balaban J connectivity index is 2.33. The molecule has 2 aromatic carbocycles. The Kier molecular flexibility index (Phi) is 6.43. The molecule has 0 aliphatic rings. The Morgan fingerprint density at radius 2 is 1.59 bits per heavy atom. The standard InChI is InChI=1S/C17H15Cl2F3N2O4S/c1-9-3-5-10(6-4-9)24-29(27,28)12-8-7-11(13(18)14(12)19)23-15(25)16(2,26)17(20,21)22/h3-8,24,26H,1-2H3,(H,23,25)/t16-/m1/s1. The highest BCUT2D eigenvalue weighted by molar-refractivity contribution is 7.92. The number of sulfonamides is 1. The van der Waals surface area contributed by atoms with Gasteiger partial charge in [-0.15, -0.1) is 0 Å². The summed E-state index contributed by atoms with van der Waals surface area (Å²) in [6.45, 7) is 2.08. The number of nitrogens with one attached hydrogen (secondary N) is 2. The highest BCUT2D eigenvalue weighted by Gasteiger charge is 2.55. The van der Waals surface area contributed by atoms with E-state index in [1.165, 1.54) is 12.1 Å². The summed E-state index contributed by atoms with van der Waals surface area (Å²) in [6, 6.07) is 8.33. The molecular formula is C17H15Cl2F3N2O4S. The number of amides is 1. The Morgan fingerprint density at radius 1 is 1.03 bits per heavy atom. The molecule has 2 rings (SSSR count). The number of hydrogen-bond donors (Lipinski definition) is 3. The highest BCUT2D eigenvalue weighted by Crippen LogP contribution is 2.37. The number of hydrogen-bond acceptors (Lipinski definition) is 4. The number of alkyl halides is 3. The van der Waals surface area contributed by atoms with E-state index in [-0.39, 0.29) is 12.6 Å². The van der Waals surface area contributed by atoms with Crippen LogP contribution < -0.4 is 10.0 Å². The molecule has 158 valence electrons. The summed E-state index contributed by atoms with van der Waals surface area (Å²) in [5.41, 5.74) is -2.94. The highest BCUT2D eigenvalue weighted by atomic mass is 35.5. The quantitative estimate of drug-likeness (QED) is 0.604. The van der Waals surface area contributed by atoms with Crippen LogP contribution in [0.15, 0.2) is 41.3 Å². The van der Waals surface area contributed by atoms with Gasteiger partial charge in [-0.2, -0.15) is 13.2 Å². The van der Waals surface area contributed by atoms with Gasteiger partial charge in [-0.05, 0) is 38.1 Å². The zero-order valence-electron chi connectivity index (χ0n) is 14.9. The zero-order valence-corrected chi connectivity index (χ0v) is 17.3. The maximum atomic E-state index is 12.8. The maximum Gasteiger partial charge on any atom is 0.426 e. The van der Waals surface area contributed by atoms with Crippen LogP contribution in [0.2, 0.25) is 10.0 Å². The first kappa shape index (κ1) is 23.3. The Morgan fingerprint density at radius 3 is 2.10 bits per heavy atom. The van der Waals surface area contributed by atoms with E-state index in [4.69, 9.17) is 23.2 Å². The molecule has 0 bridgehead atoms. The molecule has 0 radical (unpaired) electrons. The van der Waals surface area contributed by atoms with Crippen LogP contribution in [0.25, 0.3) is 0 Å². The first-order chi connectivity index (χ1) is 13.2. The number of carbonyl (C=O) groups is 1. The van der Waals surface area contributed by atoms with Gasteiger partial charge in [-0.3, -0.25) is 9.52 Å². The van der Waals surface area contributed by atoms with E-state index in [1.54, 1.807) is 17.4 Å². The minimum absolute atomic E-state index is 0.251. The number of aliphatic hydroxyl groups is 1. The fraction of sp³-hybridized carbons (Fsp3) is 0.235. The van der Waals surface area contributed by atoms with Crippen molar-refractivity contribution in [3.63, 3.8) is 0 Å². The van der Waals surface area contributed by atoms with Crippen LogP contribution in [0, 0.1) is 6.92 Å². The second-order valence-corrected chi connectivity index (χ2v) is 8.64. The molecule has 0 heterocycles. The third-order valence-corrected chi connectivity index (χ3v) is 6.30. The summed E-state index contributed by atoms with van der Waals surface area (Å²) in [4.78, 5) is 11.3. The second-order valence-electron chi connectivity index (χ2n) is 6.23. The number of halogens is 5. The second kappa shape index (κ2) is 8.02. The topological polar surface area (TPSA) is 95.5 Å². The van der Waals surface area contributed by atoms with Gasteiger partial charge < -0.3 is 10.4 Å². The van der Waals surface area contributed by atoms with Gasteiger partial charge in [0, 0.05) is 5.69 Å². The van der Waals surface area contributed by atoms with Gasteiger partial charge in [-0.25, -0.2) is 8.42 Å². The third-order valence-electron chi connectivity index (χ3n) is 3.88. The van der Waals surface area contributed by atoms with Crippen molar-refractivity contribution in [2.24, 2.45) is 0 Å². The van der Waals surface area contributed by atoms with Crippen molar-refractivity contribution in [2.75, 3.05) is 10.0 Å². The van der Waals surface area contributed by atoms with Gasteiger partial charge in [0.2, 0.25) is 5.60 Å². The summed E-state index contributed by atoms with van der Waals surface area (Å²) in [5, 5.41) is 10.2. The molecule has 0 aliphatic heterocycles. The van der Waals surface area contributed by atoms with E-state index in [2.05, 4.69) is 4.72 Å². The minimum atomic E-state index is -5.24. The first-order valence-corrected chi connectivity index (χ1v) is 10.1. The summed E-state index contributed by atoms with van der Waals surface area (Å²) in [5.74, 6) is -1.81. The molecule has 2 aromatic rings. The lowest BCUT2D eigenvalue weighted by Crippen LogP contribution is -2.52. The molecule has 0 aliphatic carbocycles. The van der Waals surface area contributed by atoms with E-state index in [1.807, 2.05) is 6.92 Å². The Hall–Kier alpha value is -2.01. The van der Waals surface area contributed by atoms with Crippen LogP contribution in [0.3, 0.4) is 0 Å². The Labute approximate surface area is 174 Å². The lowest BCUT2D eigenvalue weighted by Gasteiger charge is -2.25. The molecule has 0 saturated carbocycles. The van der Waals surface area contributed by atoms with Gasteiger partial charge in [0.15, 0.2) is 0 Å².